The molecule has 13 heteroatoms. The number of nitrogens with one attached hydrogen (secondary N) is 3. The Morgan fingerprint density at radius 2 is 1.69 bits per heavy atom. The first-order chi connectivity index (χ1) is 17.1. The first kappa shape index (κ1) is 24.8. The third-order valence-corrected chi connectivity index (χ3v) is 6.76. The van der Waals surface area contributed by atoms with Gasteiger partial charge in [0.1, 0.15) is 22.7 Å². The first-order valence-electron chi connectivity index (χ1n) is 10.2. The molecule has 0 aliphatic carbocycles. The second kappa shape index (κ2) is 9.76. The summed E-state index contributed by atoms with van der Waals surface area (Å²) in [5.74, 6) is -0.0618. The summed E-state index contributed by atoms with van der Waals surface area (Å²) >= 11 is 6.12. The minimum absolute atomic E-state index is 0.0333. The van der Waals surface area contributed by atoms with Crippen LogP contribution in [-0.4, -0.2) is 38.5 Å². The van der Waals surface area contributed by atoms with E-state index in [1.807, 2.05) is 4.72 Å². The molecule has 0 spiro atoms. The lowest BCUT2D eigenvalue weighted by molar-refractivity contribution is -0.383. The van der Waals surface area contributed by atoms with Crippen molar-refractivity contribution in [2.45, 2.75) is 4.90 Å². The van der Waals surface area contributed by atoms with Crippen LogP contribution in [0.1, 0.15) is 10.5 Å². The Morgan fingerprint density at radius 3 is 2.33 bits per heavy atom. The van der Waals surface area contributed by atoms with Crippen LogP contribution in [0.15, 0.2) is 65.6 Å². The number of anilines is 2. The summed E-state index contributed by atoms with van der Waals surface area (Å²) < 4.78 is 37.5. The number of rotatable bonds is 8. The standard InChI is InChI=1S/C23H19ClN4O7S/c1-34-15-3-5-17(6-4-15)36(32,33)27-23(29)20-12-18-19(7-8-21(28(30)31)22(18)26-20)25-14-9-13(24)10-16(11-14)35-2/h3-12,25-26H,1-2H3,(H,27,29). The molecular weight excluding hydrogens is 512 g/mol. The molecule has 4 rings (SSSR count). The fourth-order valence-corrected chi connectivity index (χ4v) is 4.68. The summed E-state index contributed by atoms with van der Waals surface area (Å²) in [6.45, 7) is 0. The maximum absolute atomic E-state index is 12.8. The fourth-order valence-electron chi connectivity index (χ4n) is 3.49. The number of H-pyrrole nitrogens is 1. The molecule has 0 saturated heterocycles. The molecule has 0 aliphatic heterocycles. The van der Waals surface area contributed by atoms with Gasteiger partial charge in [-0.3, -0.25) is 14.9 Å². The molecule has 3 N–H and O–H groups in total. The van der Waals surface area contributed by atoms with E-state index in [4.69, 9.17) is 21.1 Å². The summed E-state index contributed by atoms with van der Waals surface area (Å²) in [5.41, 5.74) is 0.488. The van der Waals surface area contributed by atoms with Crippen molar-refractivity contribution in [2.75, 3.05) is 19.5 Å². The number of benzene rings is 3. The number of halogens is 1. The number of carbonyl (C=O) groups excluding carboxylic acids is 1. The molecule has 0 radical (unpaired) electrons. The van der Waals surface area contributed by atoms with Gasteiger partial charge in [0.25, 0.3) is 21.6 Å². The Kier molecular flexibility index (Phi) is 6.73. The van der Waals surface area contributed by atoms with E-state index < -0.39 is 20.9 Å². The van der Waals surface area contributed by atoms with Crippen molar-refractivity contribution >= 4 is 55.5 Å². The van der Waals surface area contributed by atoms with Gasteiger partial charge in [0.2, 0.25) is 0 Å². The molecule has 3 aromatic carbocycles. The molecule has 0 saturated carbocycles. The smallest absolute Gasteiger partial charge is 0.293 e. The largest absolute Gasteiger partial charge is 0.497 e. The number of nitrogens with zero attached hydrogens (tertiary/aromatic N) is 1. The highest BCUT2D eigenvalue weighted by Gasteiger charge is 2.24. The average Bonchev–Trinajstić information content (AvgIpc) is 3.29. The number of methoxy groups -OCH3 is 2. The molecular formula is C23H19ClN4O7S. The average molecular weight is 531 g/mol. The Bertz CT molecular complexity index is 1580. The number of sulfonamides is 1. The van der Waals surface area contributed by atoms with E-state index in [1.54, 1.807) is 18.2 Å². The third kappa shape index (κ3) is 5.04. The minimum Gasteiger partial charge on any atom is -0.497 e. The Labute approximate surface area is 210 Å². The Balaban J connectivity index is 1.71. The summed E-state index contributed by atoms with van der Waals surface area (Å²) in [6.07, 6.45) is 0. The number of nitro benzene ring substituents is 1. The number of nitro groups is 1. The quantitative estimate of drug-likeness (QED) is 0.220. The second-order valence-electron chi connectivity index (χ2n) is 7.48. The Morgan fingerprint density at radius 1 is 1.00 bits per heavy atom. The molecule has 11 nitrogen and oxygen atoms in total. The highest BCUT2D eigenvalue weighted by atomic mass is 35.5. The zero-order valence-electron chi connectivity index (χ0n) is 18.9. The van der Waals surface area contributed by atoms with Crippen LogP contribution in [0.25, 0.3) is 10.9 Å². The molecule has 0 atom stereocenters. The zero-order chi connectivity index (χ0) is 26.0. The molecule has 0 aliphatic rings. The maximum Gasteiger partial charge on any atom is 0.293 e. The van der Waals surface area contributed by atoms with Crippen molar-refractivity contribution in [1.82, 2.24) is 9.71 Å². The lowest BCUT2D eigenvalue weighted by atomic mass is 10.1. The number of carbonyl (C=O) groups is 1. The van der Waals surface area contributed by atoms with E-state index in [9.17, 15) is 23.3 Å². The molecule has 1 heterocycles. The number of ether oxygens (including phenoxy) is 2. The molecule has 0 bridgehead atoms. The highest BCUT2D eigenvalue weighted by molar-refractivity contribution is 7.90. The van der Waals surface area contributed by atoms with Crippen LogP contribution in [0.4, 0.5) is 17.1 Å². The van der Waals surface area contributed by atoms with Gasteiger partial charge in [0.05, 0.1) is 24.0 Å². The molecule has 1 aromatic heterocycles. The summed E-state index contributed by atoms with van der Waals surface area (Å²) in [4.78, 5) is 26.3. The molecule has 0 fully saturated rings. The Hall–Kier alpha value is -4.29. The van der Waals surface area contributed by atoms with Crippen LogP contribution in [0.5, 0.6) is 11.5 Å². The molecule has 4 aromatic rings. The van der Waals surface area contributed by atoms with Gasteiger partial charge in [0, 0.05) is 33.9 Å². The SMILES string of the molecule is COc1ccc(S(=O)(=O)NC(=O)c2cc3c(Nc4cc(Cl)cc(OC)c4)ccc([N+](=O)[O-])c3[nH]2)cc1. The lowest BCUT2D eigenvalue weighted by Gasteiger charge is -2.10. The predicted octanol–water partition coefficient (Wildman–Crippen LogP) is 4.61. The van der Waals surface area contributed by atoms with Crippen molar-refractivity contribution in [3.05, 3.63) is 81.5 Å². The summed E-state index contributed by atoms with van der Waals surface area (Å²) in [6, 6.07) is 14.4. The topological polar surface area (TPSA) is 153 Å². The number of aromatic nitrogens is 1. The van der Waals surface area contributed by atoms with E-state index >= 15 is 0 Å². The zero-order valence-corrected chi connectivity index (χ0v) is 20.4. The van der Waals surface area contributed by atoms with Crippen LogP contribution < -0.4 is 19.5 Å². The van der Waals surface area contributed by atoms with E-state index in [2.05, 4.69) is 10.3 Å². The number of hydrogen-bond donors (Lipinski definition) is 3. The summed E-state index contributed by atoms with van der Waals surface area (Å²) in [7, 11) is -1.30. The van der Waals surface area contributed by atoms with Crippen molar-refractivity contribution in [1.29, 1.82) is 0 Å². The number of hydrogen-bond acceptors (Lipinski definition) is 8. The van der Waals surface area contributed by atoms with Gasteiger partial charge in [-0.2, -0.15) is 0 Å². The van der Waals surface area contributed by atoms with Crippen molar-refractivity contribution in [2.24, 2.45) is 0 Å². The molecule has 186 valence electrons. The monoisotopic (exact) mass is 530 g/mol. The second-order valence-corrected chi connectivity index (χ2v) is 9.59. The fraction of sp³-hybridized carbons (Fsp3) is 0.0870. The van der Waals surface area contributed by atoms with E-state index in [0.717, 1.165) is 0 Å². The molecule has 36 heavy (non-hydrogen) atoms. The van der Waals surface area contributed by atoms with Crippen LogP contribution in [0.3, 0.4) is 0 Å². The van der Waals surface area contributed by atoms with Crippen molar-refractivity contribution in [3.63, 3.8) is 0 Å². The van der Waals surface area contributed by atoms with E-state index in [0.29, 0.717) is 27.9 Å². The van der Waals surface area contributed by atoms with Gasteiger partial charge in [-0.25, -0.2) is 13.1 Å². The van der Waals surface area contributed by atoms with Gasteiger partial charge in [-0.05, 0) is 48.5 Å². The molecule has 0 unspecified atom stereocenters. The predicted molar refractivity (Wildman–Crippen MR) is 134 cm³/mol. The first-order valence-corrected chi connectivity index (χ1v) is 12.1. The van der Waals surface area contributed by atoms with Crippen LogP contribution in [-0.2, 0) is 10.0 Å². The van der Waals surface area contributed by atoms with Gasteiger partial charge >= 0.3 is 0 Å². The normalized spacial score (nSPS) is 11.2. The van der Waals surface area contributed by atoms with E-state index in [1.165, 1.54) is 56.7 Å². The lowest BCUT2D eigenvalue weighted by Crippen LogP contribution is -2.30. The summed E-state index contributed by atoms with van der Waals surface area (Å²) in [5, 5.41) is 15.4. The van der Waals surface area contributed by atoms with E-state index in [-0.39, 0.29) is 27.2 Å². The van der Waals surface area contributed by atoms with Crippen LogP contribution >= 0.6 is 11.6 Å². The van der Waals surface area contributed by atoms with Crippen LogP contribution in [0, 0.1) is 10.1 Å². The van der Waals surface area contributed by atoms with Gasteiger partial charge in [-0.15, -0.1) is 0 Å². The van der Waals surface area contributed by atoms with Gasteiger partial charge < -0.3 is 19.8 Å². The molecule has 1 amide bonds. The highest BCUT2D eigenvalue weighted by Crippen LogP contribution is 2.35. The maximum atomic E-state index is 12.8. The number of non-ortho nitro benzene ring substituents is 1. The van der Waals surface area contributed by atoms with Crippen molar-refractivity contribution < 1.29 is 27.6 Å². The van der Waals surface area contributed by atoms with Crippen LogP contribution in [0.2, 0.25) is 5.02 Å². The number of aromatic amines is 1. The van der Waals surface area contributed by atoms with Gasteiger partial charge in [-0.1, -0.05) is 11.6 Å². The number of amides is 1. The van der Waals surface area contributed by atoms with Gasteiger partial charge in [0.15, 0.2) is 0 Å². The number of fused-ring (bicyclic) bond motifs is 1. The van der Waals surface area contributed by atoms with Crippen molar-refractivity contribution in [3.8, 4) is 11.5 Å². The third-order valence-electron chi connectivity index (χ3n) is 5.20. The minimum atomic E-state index is -4.22.